The quantitative estimate of drug-likeness (QED) is 0.823. The van der Waals surface area contributed by atoms with E-state index in [2.05, 4.69) is 0 Å². The highest BCUT2D eigenvalue weighted by Gasteiger charge is 2.23. The van der Waals surface area contributed by atoms with Gasteiger partial charge in [-0.15, -0.1) is 0 Å². The number of ether oxygens (including phenoxy) is 1. The van der Waals surface area contributed by atoms with Gasteiger partial charge < -0.3 is 9.64 Å². The smallest absolute Gasteiger partial charge is 0.409 e. The Kier molecular flexibility index (Phi) is 4.31. The zero-order valence-corrected chi connectivity index (χ0v) is 11.6. The highest BCUT2D eigenvalue weighted by Crippen LogP contribution is 2.25. The molecule has 0 saturated heterocycles. The van der Waals surface area contributed by atoms with E-state index in [0.29, 0.717) is 0 Å². The summed E-state index contributed by atoms with van der Waals surface area (Å²) in [7, 11) is 2.23. The molecule has 1 aromatic rings. The van der Waals surface area contributed by atoms with Crippen LogP contribution in [-0.4, -0.2) is 51.9 Å². The number of sulfonamides is 1. The molecule has 0 spiro atoms. The van der Waals surface area contributed by atoms with Gasteiger partial charge in [0.25, 0.3) is 0 Å². The number of rotatable bonds is 3. The van der Waals surface area contributed by atoms with E-state index in [4.69, 9.17) is 4.74 Å². The van der Waals surface area contributed by atoms with Crippen molar-refractivity contribution in [1.82, 2.24) is 9.21 Å². The molecule has 1 amide bonds. The first-order valence-electron chi connectivity index (χ1n) is 5.17. The van der Waals surface area contributed by atoms with Crippen LogP contribution in [0.1, 0.15) is 0 Å². The molecule has 18 heavy (non-hydrogen) atoms. The maximum atomic E-state index is 12.0. The highest BCUT2D eigenvalue weighted by atomic mass is 32.2. The Labute approximate surface area is 107 Å². The van der Waals surface area contributed by atoms with E-state index < -0.39 is 16.1 Å². The minimum Gasteiger partial charge on any atom is -0.409 e. The number of benzene rings is 1. The lowest BCUT2D eigenvalue weighted by atomic mass is 10.3. The van der Waals surface area contributed by atoms with Gasteiger partial charge >= 0.3 is 6.09 Å². The first-order chi connectivity index (χ1) is 8.26. The predicted octanol–water partition coefficient (Wildman–Crippen LogP) is 0.997. The van der Waals surface area contributed by atoms with E-state index in [1.807, 2.05) is 0 Å². The molecule has 0 bridgehead atoms. The number of carbonyl (C=O) groups is 1. The Balaban J connectivity index is 3.20. The fourth-order valence-electron chi connectivity index (χ4n) is 1.13. The van der Waals surface area contributed by atoms with Crippen LogP contribution in [-0.2, 0) is 10.0 Å². The van der Waals surface area contributed by atoms with Gasteiger partial charge in [0.15, 0.2) is 5.75 Å². The molecule has 0 unspecified atom stereocenters. The number of para-hydroxylation sites is 1. The van der Waals surface area contributed by atoms with Gasteiger partial charge in [0, 0.05) is 28.2 Å². The fourth-order valence-corrected chi connectivity index (χ4v) is 2.14. The Hall–Kier alpha value is -1.60. The van der Waals surface area contributed by atoms with Crippen LogP contribution in [0.5, 0.6) is 5.75 Å². The fraction of sp³-hybridized carbons (Fsp3) is 0.364. The zero-order chi connectivity index (χ0) is 13.9. The first kappa shape index (κ1) is 14.5. The largest absolute Gasteiger partial charge is 0.414 e. The summed E-state index contributed by atoms with van der Waals surface area (Å²) in [5.41, 5.74) is 0. The van der Waals surface area contributed by atoms with E-state index in [1.54, 1.807) is 12.1 Å². The van der Waals surface area contributed by atoms with Gasteiger partial charge in [-0.3, -0.25) is 0 Å². The normalized spacial score (nSPS) is 11.4. The molecule has 7 heteroatoms. The van der Waals surface area contributed by atoms with E-state index >= 15 is 0 Å². The molecule has 0 N–H and O–H groups in total. The summed E-state index contributed by atoms with van der Waals surface area (Å²) in [4.78, 5) is 12.6. The second-order valence-electron chi connectivity index (χ2n) is 4.00. The molecule has 0 atom stereocenters. The first-order valence-corrected chi connectivity index (χ1v) is 6.61. The van der Waals surface area contributed by atoms with E-state index in [0.717, 1.165) is 4.31 Å². The summed E-state index contributed by atoms with van der Waals surface area (Å²) < 4.78 is 30.1. The SMILES string of the molecule is CN(C)C(=O)Oc1ccccc1S(=O)(=O)N(C)C. The second-order valence-corrected chi connectivity index (χ2v) is 6.12. The van der Waals surface area contributed by atoms with Gasteiger partial charge in [0.1, 0.15) is 4.90 Å². The monoisotopic (exact) mass is 272 g/mol. The molecule has 6 nitrogen and oxygen atoms in total. The zero-order valence-electron chi connectivity index (χ0n) is 10.7. The maximum absolute atomic E-state index is 12.0. The molecule has 1 rings (SSSR count). The predicted molar refractivity (Wildman–Crippen MR) is 67.0 cm³/mol. The number of hydrogen-bond acceptors (Lipinski definition) is 4. The van der Waals surface area contributed by atoms with Crippen LogP contribution >= 0.6 is 0 Å². The number of amides is 1. The molecule has 100 valence electrons. The molecule has 0 radical (unpaired) electrons. The number of nitrogens with zero attached hydrogens (tertiary/aromatic N) is 2. The van der Waals surface area contributed by atoms with Crippen molar-refractivity contribution in [3.05, 3.63) is 24.3 Å². The Morgan fingerprint density at radius 1 is 1.11 bits per heavy atom. The van der Waals surface area contributed by atoms with Gasteiger partial charge in [0.2, 0.25) is 10.0 Å². The molecule has 1 aromatic carbocycles. The van der Waals surface area contributed by atoms with Gasteiger partial charge in [-0.05, 0) is 12.1 Å². The summed E-state index contributed by atoms with van der Waals surface area (Å²) in [5.74, 6) is 0.0184. The van der Waals surface area contributed by atoms with Crippen LogP contribution in [0.15, 0.2) is 29.2 Å². The lowest BCUT2D eigenvalue weighted by Gasteiger charge is -2.16. The Morgan fingerprint density at radius 2 is 1.67 bits per heavy atom. The molecule has 0 aliphatic carbocycles. The summed E-state index contributed by atoms with van der Waals surface area (Å²) in [6.45, 7) is 0. The van der Waals surface area contributed by atoms with Crippen molar-refractivity contribution < 1.29 is 17.9 Å². The molecule has 0 aromatic heterocycles. The van der Waals surface area contributed by atoms with Crippen molar-refractivity contribution in [3.8, 4) is 5.75 Å². The average molecular weight is 272 g/mol. The highest BCUT2D eigenvalue weighted by molar-refractivity contribution is 7.89. The molecule has 0 heterocycles. The van der Waals surface area contributed by atoms with Crippen molar-refractivity contribution in [1.29, 1.82) is 0 Å². The Morgan fingerprint density at radius 3 is 2.17 bits per heavy atom. The van der Waals surface area contributed by atoms with E-state index in [9.17, 15) is 13.2 Å². The summed E-state index contributed by atoms with van der Waals surface area (Å²) in [6, 6.07) is 6.02. The van der Waals surface area contributed by atoms with Gasteiger partial charge in [-0.25, -0.2) is 17.5 Å². The van der Waals surface area contributed by atoms with Gasteiger partial charge in [-0.1, -0.05) is 12.1 Å². The van der Waals surface area contributed by atoms with Crippen molar-refractivity contribution >= 4 is 16.1 Å². The van der Waals surface area contributed by atoms with Gasteiger partial charge in [0.05, 0.1) is 0 Å². The van der Waals surface area contributed by atoms with Crippen molar-refractivity contribution in [2.45, 2.75) is 4.90 Å². The number of carbonyl (C=O) groups excluding carboxylic acids is 1. The van der Waals surface area contributed by atoms with Crippen LogP contribution in [0.2, 0.25) is 0 Å². The van der Waals surface area contributed by atoms with Crippen LogP contribution in [0.4, 0.5) is 4.79 Å². The summed E-state index contributed by atoms with van der Waals surface area (Å²) in [5, 5.41) is 0. The maximum Gasteiger partial charge on any atom is 0.414 e. The standard InChI is InChI=1S/C11H16N2O4S/c1-12(2)11(14)17-9-7-5-6-8-10(9)18(15,16)13(3)4/h5-8H,1-4H3. The minimum atomic E-state index is -3.64. The Bertz CT molecular complexity index is 538. The van der Waals surface area contributed by atoms with E-state index in [1.165, 1.54) is 45.2 Å². The third-order valence-electron chi connectivity index (χ3n) is 2.17. The lowest BCUT2D eigenvalue weighted by molar-refractivity contribution is 0.170. The van der Waals surface area contributed by atoms with Gasteiger partial charge in [-0.2, -0.15) is 0 Å². The molecular formula is C11H16N2O4S. The molecular weight excluding hydrogens is 256 g/mol. The van der Waals surface area contributed by atoms with Crippen molar-refractivity contribution in [2.24, 2.45) is 0 Å². The summed E-state index contributed by atoms with van der Waals surface area (Å²) >= 11 is 0. The number of hydrogen-bond donors (Lipinski definition) is 0. The van der Waals surface area contributed by atoms with Crippen LogP contribution in [0.25, 0.3) is 0 Å². The molecule has 0 aliphatic rings. The van der Waals surface area contributed by atoms with Crippen LogP contribution in [0, 0.1) is 0 Å². The molecule has 0 saturated carbocycles. The molecule has 0 fully saturated rings. The third kappa shape index (κ3) is 2.99. The van der Waals surface area contributed by atoms with Crippen LogP contribution < -0.4 is 4.74 Å². The lowest BCUT2D eigenvalue weighted by Crippen LogP contribution is -2.27. The van der Waals surface area contributed by atoms with E-state index in [-0.39, 0.29) is 10.6 Å². The topological polar surface area (TPSA) is 66.9 Å². The summed E-state index contributed by atoms with van der Waals surface area (Å²) in [6.07, 6.45) is -0.628. The van der Waals surface area contributed by atoms with Crippen LogP contribution in [0.3, 0.4) is 0 Å². The van der Waals surface area contributed by atoms with Crippen molar-refractivity contribution in [3.63, 3.8) is 0 Å². The second kappa shape index (κ2) is 5.36. The third-order valence-corrected chi connectivity index (χ3v) is 4.02. The minimum absolute atomic E-state index is 0.0184. The molecule has 0 aliphatic heterocycles. The average Bonchev–Trinajstić information content (AvgIpc) is 2.29. The van der Waals surface area contributed by atoms with Crippen molar-refractivity contribution in [2.75, 3.05) is 28.2 Å².